The number of rotatable bonds is 1. The van der Waals surface area contributed by atoms with Crippen molar-refractivity contribution in [1.29, 1.82) is 0 Å². The topological polar surface area (TPSA) is 17.8 Å². The Labute approximate surface area is 96.7 Å². The minimum atomic E-state index is -4.33. The first-order valence-corrected chi connectivity index (χ1v) is 5.09. The number of benzene rings is 1. The minimum absolute atomic E-state index is 0.422. The summed E-state index contributed by atoms with van der Waals surface area (Å²) < 4.78 is 39.2. The second kappa shape index (κ2) is 3.91. The quantitative estimate of drug-likeness (QED) is 0.745. The first-order valence-electron chi connectivity index (χ1n) is 5.09. The van der Waals surface area contributed by atoms with Gasteiger partial charge in [0.25, 0.3) is 0 Å². The average Bonchev–Trinajstić information content (AvgIpc) is 2.57. The summed E-state index contributed by atoms with van der Waals surface area (Å²) in [6.07, 6.45) is -4.33. The zero-order valence-corrected chi connectivity index (χ0v) is 9.42. The van der Waals surface area contributed by atoms with E-state index in [1.807, 2.05) is 6.07 Å². The van der Waals surface area contributed by atoms with Gasteiger partial charge in [-0.1, -0.05) is 6.07 Å². The zero-order chi connectivity index (χ0) is 12.6. The molecule has 0 aliphatic rings. The molecule has 90 valence electrons. The third-order valence-corrected chi connectivity index (χ3v) is 2.43. The molecule has 0 N–H and O–H groups in total. The molecule has 0 spiro atoms. The number of hydrogen-bond acceptors (Lipinski definition) is 1. The van der Waals surface area contributed by atoms with Gasteiger partial charge in [0.2, 0.25) is 0 Å². The van der Waals surface area contributed by atoms with Gasteiger partial charge in [0.1, 0.15) is 0 Å². The highest BCUT2D eigenvalue weighted by molar-refractivity contribution is 5.38. The monoisotopic (exact) mass is 240 g/mol. The van der Waals surface area contributed by atoms with Crippen molar-refractivity contribution in [1.82, 2.24) is 9.78 Å². The average molecular weight is 240 g/mol. The molecule has 17 heavy (non-hydrogen) atoms. The lowest BCUT2D eigenvalue weighted by molar-refractivity contribution is -0.137. The molecule has 0 aliphatic carbocycles. The van der Waals surface area contributed by atoms with Gasteiger partial charge in [-0.3, -0.25) is 0 Å². The zero-order valence-electron chi connectivity index (χ0n) is 9.42. The lowest BCUT2D eigenvalue weighted by Crippen LogP contribution is -2.07. The van der Waals surface area contributed by atoms with E-state index in [4.69, 9.17) is 0 Å². The van der Waals surface area contributed by atoms with E-state index in [2.05, 4.69) is 5.10 Å². The Hall–Kier alpha value is -1.78. The standard InChI is InChI=1S/C12H11F3N2/c1-8-6-9(2)17(16-8)11-5-3-4-10(7-11)12(13,14)15/h3-7H,1-2H3. The Bertz CT molecular complexity index is 541. The molecular formula is C12H11F3N2. The molecule has 0 saturated carbocycles. The molecule has 2 aromatic rings. The van der Waals surface area contributed by atoms with Gasteiger partial charge in [-0.05, 0) is 38.1 Å². The van der Waals surface area contributed by atoms with Crippen LogP contribution in [0.1, 0.15) is 17.0 Å². The molecule has 1 heterocycles. The summed E-state index contributed by atoms with van der Waals surface area (Å²) in [5, 5.41) is 4.15. The maximum Gasteiger partial charge on any atom is 0.416 e. The Kier molecular flexibility index (Phi) is 2.69. The van der Waals surface area contributed by atoms with Gasteiger partial charge in [-0.15, -0.1) is 0 Å². The normalized spacial score (nSPS) is 11.8. The van der Waals surface area contributed by atoms with Crippen LogP contribution in [0.5, 0.6) is 0 Å². The van der Waals surface area contributed by atoms with Gasteiger partial charge >= 0.3 is 6.18 Å². The molecule has 0 amide bonds. The number of hydrogen-bond donors (Lipinski definition) is 0. The van der Waals surface area contributed by atoms with Gasteiger partial charge in [0.15, 0.2) is 0 Å². The molecule has 0 radical (unpaired) electrons. The van der Waals surface area contributed by atoms with Crippen molar-refractivity contribution >= 4 is 0 Å². The van der Waals surface area contributed by atoms with Crippen molar-refractivity contribution in [3.8, 4) is 5.69 Å². The highest BCUT2D eigenvalue weighted by Crippen LogP contribution is 2.30. The van der Waals surface area contributed by atoms with Gasteiger partial charge in [-0.2, -0.15) is 18.3 Å². The van der Waals surface area contributed by atoms with Crippen LogP contribution in [0.3, 0.4) is 0 Å². The molecule has 1 aromatic carbocycles. The summed E-state index contributed by atoms with van der Waals surface area (Å²) in [5.41, 5.74) is 1.34. The van der Waals surface area contributed by atoms with Gasteiger partial charge in [0, 0.05) is 5.69 Å². The van der Waals surface area contributed by atoms with Crippen molar-refractivity contribution < 1.29 is 13.2 Å². The molecular weight excluding hydrogens is 229 g/mol. The smallest absolute Gasteiger partial charge is 0.238 e. The fourth-order valence-corrected chi connectivity index (χ4v) is 1.70. The second-order valence-corrected chi connectivity index (χ2v) is 3.89. The molecule has 0 bridgehead atoms. The summed E-state index contributed by atoms with van der Waals surface area (Å²) in [6.45, 7) is 3.61. The minimum Gasteiger partial charge on any atom is -0.238 e. The van der Waals surface area contributed by atoms with E-state index in [1.54, 1.807) is 19.9 Å². The summed E-state index contributed by atoms with van der Waals surface area (Å²) >= 11 is 0. The molecule has 0 unspecified atom stereocenters. The third-order valence-electron chi connectivity index (χ3n) is 2.43. The largest absolute Gasteiger partial charge is 0.416 e. The highest BCUT2D eigenvalue weighted by Gasteiger charge is 2.30. The maximum atomic E-state index is 12.6. The molecule has 2 rings (SSSR count). The SMILES string of the molecule is Cc1cc(C)n(-c2cccc(C(F)(F)F)c2)n1. The first kappa shape index (κ1) is 11.7. The highest BCUT2D eigenvalue weighted by atomic mass is 19.4. The van der Waals surface area contributed by atoms with Crippen LogP contribution in [0.2, 0.25) is 0 Å². The van der Waals surface area contributed by atoms with Gasteiger partial charge in [-0.25, -0.2) is 4.68 Å². The molecule has 0 aliphatic heterocycles. The summed E-state index contributed by atoms with van der Waals surface area (Å²) in [7, 11) is 0. The van der Waals surface area contributed by atoms with Crippen LogP contribution in [0.4, 0.5) is 13.2 Å². The third kappa shape index (κ3) is 2.33. The summed E-state index contributed by atoms with van der Waals surface area (Å²) in [4.78, 5) is 0. The molecule has 0 fully saturated rings. The predicted octanol–water partition coefficient (Wildman–Crippen LogP) is 3.51. The van der Waals surface area contributed by atoms with Crippen molar-refractivity contribution in [2.24, 2.45) is 0 Å². The number of aromatic nitrogens is 2. The Morgan fingerprint density at radius 1 is 1.12 bits per heavy atom. The first-order chi connectivity index (χ1) is 7.88. The molecule has 0 atom stereocenters. The number of aryl methyl sites for hydroxylation is 2. The fourth-order valence-electron chi connectivity index (χ4n) is 1.70. The van der Waals surface area contributed by atoms with E-state index < -0.39 is 11.7 Å². The van der Waals surface area contributed by atoms with Crippen LogP contribution in [-0.4, -0.2) is 9.78 Å². The van der Waals surface area contributed by atoms with Crippen LogP contribution in [0, 0.1) is 13.8 Å². The Morgan fingerprint density at radius 2 is 1.82 bits per heavy atom. The van der Waals surface area contributed by atoms with E-state index in [-0.39, 0.29) is 0 Å². The Balaban J connectivity index is 2.50. The van der Waals surface area contributed by atoms with Crippen molar-refractivity contribution in [2.75, 3.05) is 0 Å². The molecule has 5 heteroatoms. The van der Waals surface area contributed by atoms with Crippen LogP contribution in [-0.2, 0) is 6.18 Å². The van der Waals surface area contributed by atoms with Gasteiger partial charge in [0.05, 0.1) is 16.9 Å². The number of halogens is 3. The van der Waals surface area contributed by atoms with E-state index in [9.17, 15) is 13.2 Å². The van der Waals surface area contributed by atoms with Crippen molar-refractivity contribution in [3.05, 3.63) is 47.3 Å². The summed E-state index contributed by atoms with van der Waals surface area (Å²) in [6, 6.07) is 6.96. The number of nitrogens with zero attached hydrogens (tertiary/aromatic N) is 2. The predicted molar refractivity (Wildman–Crippen MR) is 58.0 cm³/mol. The van der Waals surface area contributed by atoms with E-state index >= 15 is 0 Å². The summed E-state index contributed by atoms with van der Waals surface area (Å²) in [5.74, 6) is 0. The van der Waals surface area contributed by atoms with Crippen LogP contribution < -0.4 is 0 Å². The fraction of sp³-hybridized carbons (Fsp3) is 0.250. The van der Waals surface area contributed by atoms with Crippen molar-refractivity contribution in [3.63, 3.8) is 0 Å². The van der Waals surface area contributed by atoms with Crippen LogP contribution in [0.25, 0.3) is 5.69 Å². The maximum absolute atomic E-state index is 12.6. The molecule has 1 aromatic heterocycles. The van der Waals surface area contributed by atoms with Crippen LogP contribution in [0.15, 0.2) is 30.3 Å². The number of alkyl halides is 3. The van der Waals surface area contributed by atoms with E-state index in [1.165, 1.54) is 10.7 Å². The van der Waals surface area contributed by atoms with Crippen molar-refractivity contribution in [2.45, 2.75) is 20.0 Å². The van der Waals surface area contributed by atoms with E-state index in [0.717, 1.165) is 23.5 Å². The lowest BCUT2D eigenvalue weighted by atomic mass is 10.2. The van der Waals surface area contributed by atoms with Gasteiger partial charge < -0.3 is 0 Å². The molecule has 0 saturated heterocycles. The molecule has 2 nitrogen and oxygen atoms in total. The Morgan fingerprint density at radius 3 is 2.35 bits per heavy atom. The lowest BCUT2D eigenvalue weighted by Gasteiger charge is -2.09. The second-order valence-electron chi connectivity index (χ2n) is 3.89. The van der Waals surface area contributed by atoms with E-state index in [0.29, 0.717) is 5.69 Å². The van der Waals surface area contributed by atoms with Crippen LogP contribution >= 0.6 is 0 Å².